The van der Waals surface area contributed by atoms with Gasteiger partial charge in [-0.1, -0.05) is 29.8 Å². The number of aliphatic carboxylic acids is 1. The normalized spacial score (nSPS) is 18.9. The van der Waals surface area contributed by atoms with E-state index in [1.54, 1.807) is 0 Å². The zero-order chi connectivity index (χ0) is 13.8. The van der Waals surface area contributed by atoms with Crippen LogP contribution in [-0.4, -0.2) is 35.7 Å². The lowest BCUT2D eigenvalue weighted by Crippen LogP contribution is -2.35. The average Bonchev–Trinajstić information content (AvgIpc) is 2.54. The van der Waals surface area contributed by atoms with E-state index in [4.69, 9.17) is 4.74 Å². The minimum atomic E-state index is -0.833. The molecule has 0 spiro atoms. The van der Waals surface area contributed by atoms with Crippen LogP contribution in [0, 0.1) is 0 Å². The zero-order valence-electron chi connectivity index (χ0n) is 11.3. The molecule has 1 atom stereocenters. The van der Waals surface area contributed by atoms with Gasteiger partial charge in [-0.05, 0) is 19.9 Å². The molecule has 4 heteroatoms. The SMILES string of the molecule is CC(C)=CCN1CCOc2ccccc2C1C(=O)O. The molecule has 1 aliphatic rings. The minimum Gasteiger partial charge on any atom is -0.492 e. The number of fused-ring (bicyclic) bond motifs is 1. The molecule has 0 fully saturated rings. The number of rotatable bonds is 3. The highest BCUT2D eigenvalue weighted by molar-refractivity contribution is 5.77. The second kappa shape index (κ2) is 5.89. The summed E-state index contributed by atoms with van der Waals surface area (Å²) >= 11 is 0. The third-order valence-corrected chi connectivity index (χ3v) is 3.18. The minimum absolute atomic E-state index is 0.511. The van der Waals surface area contributed by atoms with Gasteiger partial charge < -0.3 is 9.84 Å². The zero-order valence-corrected chi connectivity index (χ0v) is 11.3. The Hall–Kier alpha value is -1.81. The Bertz CT molecular complexity index is 492. The molecular formula is C15H19NO3. The van der Waals surface area contributed by atoms with Gasteiger partial charge in [0.15, 0.2) is 0 Å². The van der Waals surface area contributed by atoms with Crippen molar-refractivity contribution >= 4 is 5.97 Å². The lowest BCUT2D eigenvalue weighted by Gasteiger charge is -2.25. The fourth-order valence-electron chi connectivity index (χ4n) is 2.22. The van der Waals surface area contributed by atoms with E-state index in [1.807, 2.05) is 49.1 Å². The maximum Gasteiger partial charge on any atom is 0.325 e. The Morgan fingerprint density at radius 1 is 1.47 bits per heavy atom. The molecule has 0 amide bonds. The molecule has 1 aromatic rings. The van der Waals surface area contributed by atoms with Gasteiger partial charge in [-0.15, -0.1) is 0 Å². The van der Waals surface area contributed by atoms with Crippen molar-refractivity contribution in [3.05, 3.63) is 41.5 Å². The van der Waals surface area contributed by atoms with Crippen LogP contribution in [0.1, 0.15) is 25.5 Å². The van der Waals surface area contributed by atoms with E-state index in [0.717, 1.165) is 5.56 Å². The molecule has 1 unspecified atom stereocenters. The first-order valence-corrected chi connectivity index (χ1v) is 6.41. The number of para-hydroxylation sites is 1. The molecular weight excluding hydrogens is 242 g/mol. The van der Waals surface area contributed by atoms with Crippen molar-refractivity contribution in [1.29, 1.82) is 0 Å². The molecule has 1 N–H and O–H groups in total. The van der Waals surface area contributed by atoms with Crippen molar-refractivity contribution in [3.8, 4) is 5.75 Å². The third-order valence-electron chi connectivity index (χ3n) is 3.18. The van der Waals surface area contributed by atoms with Gasteiger partial charge in [0.2, 0.25) is 0 Å². The lowest BCUT2D eigenvalue weighted by molar-refractivity contribution is -0.143. The molecule has 1 heterocycles. The van der Waals surface area contributed by atoms with Gasteiger partial charge >= 0.3 is 5.97 Å². The Kier molecular flexibility index (Phi) is 4.22. The van der Waals surface area contributed by atoms with E-state index in [1.165, 1.54) is 5.57 Å². The first kappa shape index (κ1) is 13.6. The van der Waals surface area contributed by atoms with Crippen LogP contribution in [0.25, 0.3) is 0 Å². The number of carboxylic acids is 1. The van der Waals surface area contributed by atoms with Crippen molar-refractivity contribution in [2.75, 3.05) is 19.7 Å². The van der Waals surface area contributed by atoms with E-state index >= 15 is 0 Å². The Morgan fingerprint density at radius 2 is 2.21 bits per heavy atom. The largest absolute Gasteiger partial charge is 0.492 e. The molecule has 0 saturated heterocycles. The van der Waals surface area contributed by atoms with Gasteiger partial charge in [0, 0.05) is 18.7 Å². The third kappa shape index (κ3) is 3.15. The van der Waals surface area contributed by atoms with Gasteiger partial charge in [0.25, 0.3) is 0 Å². The molecule has 19 heavy (non-hydrogen) atoms. The van der Waals surface area contributed by atoms with Crippen molar-refractivity contribution in [2.24, 2.45) is 0 Å². The molecule has 1 aliphatic heterocycles. The van der Waals surface area contributed by atoms with Gasteiger partial charge in [-0.25, -0.2) is 0 Å². The smallest absolute Gasteiger partial charge is 0.325 e. The van der Waals surface area contributed by atoms with Gasteiger partial charge in [-0.3, -0.25) is 9.69 Å². The molecule has 1 aromatic carbocycles. The number of nitrogens with zero attached hydrogens (tertiary/aromatic N) is 1. The molecule has 0 aliphatic carbocycles. The van der Waals surface area contributed by atoms with E-state index in [-0.39, 0.29) is 0 Å². The van der Waals surface area contributed by atoms with Crippen LogP contribution >= 0.6 is 0 Å². The van der Waals surface area contributed by atoms with E-state index in [9.17, 15) is 9.90 Å². The van der Waals surface area contributed by atoms with Gasteiger partial charge in [-0.2, -0.15) is 0 Å². The quantitative estimate of drug-likeness (QED) is 0.849. The van der Waals surface area contributed by atoms with Crippen LogP contribution in [-0.2, 0) is 4.79 Å². The lowest BCUT2D eigenvalue weighted by atomic mass is 10.0. The van der Waals surface area contributed by atoms with E-state index in [0.29, 0.717) is 25.4 Å². The summed E-state index contributed by atoms with van der Waals surface area (Å²) in [7, 11) is 0. The number of benzene rings is 1. The Morgan fingerprint density at radius 3 is 2.89 bits per heavy atom. The predicted octanol–water partition coefficient (Wildman–Crippen LogP) is 2.47. The van der Waals surface area contributed by atoms with Crippen LogP contribution in [0.5, 0.6) is 5.75 Å². The fourth-order valence-corrected chi connectivity index (χ4v) is 2.22. The molecule has 0 bridgehead atoms. The summed E-state index contributed by atoms with van der Waals surface area (Å²) in [5.74, 6) is -0.158. The standard InChI is InChI=1S/C15H19NO3/c1-11(2)7-8-16-9-10-19-13-6-4-3-5-12(13)14(16)15(17)18/h3-7,14H,8-10H2,1-2H3,(H,17,18). The highest BCUT2D eigenvalue weighted by Gasteiger charge is 2.31. The van der Waals surface area contributed by atoms with Crippen molar-refractivity contribution < 1.29 is 14.6 Å². The topological polar surface area (TPSA) is 49.8 Å². The molecule has 0 saturated carbocycles. The highest BCUT2D eigenvalue weighted by atomic mass is 16.5. The van der Waals surface area contributed by atoms with Gasteiger partial charge in [0.05, 0.1) is 0 Å². The summed E-state index contributed by atoms with van der Waals surface area (Å²) < 4.78 is 5.64. The first-order valence-electron chi connectivity index (χ1n) is 6.41. The number of carbonyl (C=O) groups is 1. The summed E-state index contributed by atoms with van der Waals surface area (Å²) in [5.41, 5.74) is 1.91. The van der Waals surface area contributed by atoms with Crippen molar-refractivity contribution in [1.82, 2.24) is 4.90 Å². The summed E-state index contributed by atoms with van der Waals surface area (Å²) in [6, 6.07) is 6.73. The summed E-state index contributed by atoms with van der Waals surface area (Å²) in [6.07, 6.45) is 2.05. The van der Waals surface area contributed by atoms with Crippen molar-refractivity contribution in [2.45, 2.75) is 19.9 Å². The number of hydrogen-bond acceptors (Lipinski definition) is 3. The number of hydrogen-bond donors (Lipinski definition) is 1. The van der Waals surface area contributed by atoms with Crippen LogP contribution in [0.4, 0.5) is 0 Å². The fraction of sp³-hybridized carbons (Fsp3) is 0.400. The molecule has 0 aromatic heterocycles. The van der Waals surface area contributed by atoms with Crippen molar-refractivity contribution in [3.63, 3.8) is 0 Å². The summed E-state index contributed by atoms with van der Waals surface area (Å²) in [4.78, 5) is 13.5. The molecule has 102 valence electrons. The maximum absolute atomic E-state index is 11.6. The summed E-state index contributed by atoms with van der Waals surface area (Å²) in [5, 5.41) is 9.53. The van der Waals surface area contributed by atoms with E-state index < -0.39 is 12.0 Å². The second-order valence-electron chi connectivity index (χ2n) is 4.90. The predicted molar refractivity (Wildman–Crippen MR) is 73.3 cm³/mol. The average molecular weight is 261 g/mol. The number of carboxylic acid groups (broad SMARTS) is 1. The van der Waals surface area contributed by atoms with Crippen LogP contribution in [0.2, 0.25) is 0 Å². The van der Waals surface area contributed by atoms with Crippen LogP contribution < -0.4 is 4.74 Å². The Balaban J connectivity index is 2.35. The molecule has 0 radical (unpaired) electrons. The maximum atomic E-state index is 11.6. The van der Waals surface area contributed by atoms with Crippen LogP contribution in [0.3, 0.4) is 0 Å². The Labute approximate surface area is 113 Å². The summed E-state index contributed by atoms with van der Waals surface area (Å²) in [6.45, 7) is 5.76. The molecule has 4 nitrogen and oxygen atoms in total. The monoisotopic (exact) mass is 261 g/mol. The highest BCUT2D eigenvalue weighted by Crippen LogP contribution is 2.31. The van der Waals surface area contributed by atoms with E-state index in [2.05, 4.69) is 0 Å². The van der Waals surface area contributed by atoms with Crippen LogP contribution in [0.15, 0.2) is 35.9 Å². The van der Waals surface area contributed by atoms with Gasteiger partial charge in [0.1, 0.15) is 18.4 Å². The number of allylic oxidation sites excluding steroid dienone is 1. The first-order chi connectivity index (χ1) is 9.09. The number of ether oxygens (including phenoxy) is 1. The second-order valence-corrected chi connectivity index (χ2v) is 4.90. The molecule has 2 rings (SSSR count).